The molecule has 1 atom stereocenters. The third-order valence-corrected chi connectivity index (χ3v) is 4.39. The fraction of sp³-hybridized carbons (Fsp3) is 0.647. The zero-order valence-electron chi connectivity index (χ0n) is 12.3. The van der Waals surface area contributed by atoms with Crippen molar-refractivity contribution >= 4 is 0 Å². The number of nitrogens with two attached hydrogens (primary N) is 1. The molecule has 1 aromatic rings. The van der Waals surface area contributed by atoms with Crippen molar-refractivity contribution in [3.05, 3.63) is 29.3 Å². The molecule has 0 bridgehead atoms. The number of hydrogen-bond donors (Lipinski definition) is 1. The molecule has 0 saturated heterocycles. The number of hydrogen-bond acceptors (Lipinski definition) is 2. The highest BCUT2D eigenvalue weighted by Crippen LogP contribution is 2.34. The van der Waals surface area contributed by atoms with E-state index in [-0.39, 0.29) is 6.04 Å². The molecule has 0 amide bonds. The van der Waals surface area contributed by atoms with E-state index >= 15 is 0 Å². The van der Waals surface area contributed by atoms with Crippen LogP contribution in [-0.4, -0.2) is 13.2 Å². The van der Waals surface area contributed by atoms with Crippen molar-refractivity contribution in [2.45, 2.75) is 63.8 Å². The Hall–Kier alpha value is -1.02. The lowest BCUT2D eigenvalue weighted by atomic mass is 9.83. The summed E-state index contributed by atoms with van der Waals surface area (Å²) < 4.78 is 5.48. The third-order valence-electron chi connectivity index (χ3n) is 4.39. The SMILES string of the molecule is CCC(N)Cc1cc(C2CCCCC2)ccc1OC. The number of rotatable bonds is 5. The predicted octanol–water partition coefficient (Wildman–Crippen LogP) is 4.02. The van der Waals surface area contributed by atoms with E-state index in [2.05, 4.69) is 25.1 Å². The number of methoxy groups -OCH3 is 1. The molecule has 1 aromatic carbocycles. The summed E-state index contributed by atoms with van der Waals surface area (Å²) in [5.74, 6) is 1.74. The zero-order chi connectivity index (χ0) is 13.7. The summed E-state index contributed by atoms with van der Waals surface area (Å²) >= 11 is 0. The van der Waals surface area contributed by atoms with Crippen molar-refractivity contribution in [1.29, 1.82) is 0 Å². The fourth-order valence-electron chi connectivity index (χ4n) is 3.07. The summed E-state index contributed by atoms with van der Waals surface area (Å²) in [6, 6.07) is 6.94. The molecule has 0 aliphatic heterocycles. The zero-order valence-corrected chi connectivity index (χ0v) is 12.3. The average molecular weight is 261 g/mol. The van der Waals surface area contributed by atoms with Gasteiger partial charge in [-0.1, -0.05) is 38.3 Å². The first-order chi connectivity index (χ1) is 9.24. The lowest BCUT2D eigenvalue weighted by molar-refractivity contribution is 0.405. The Balaban J connectivity index is 2.18. The summed E-state index contributed by atoms with van der Waals surface area (Å²) in [6.45, 7) is 2.14. The highest BCUT2D eigenvalue weighted by Gasteiger charge is 2.17. The van der Waals surface area contributed by atoms with Crippen LogP contribution in [0.5, 0.6) is 5.75 Å². The second-order valence-corrected chi connectivity index (χ2v) is 5.78. The second-order valence-electron chi connectivity index (χ2n) is 5.78. The van der Waals surface area contributed by atoms with Crippen molar-refractivity contribution in [3.8, 4) is 5.75 Å². The van der Waals surface area contributed by atoms with Crippen LogP contribution in [0.15, 0.2) is 18.2 Å². The van der Waals surface area contributed by atoms with E-state index in [9.17, 15) is 0 Å². The second kappa shape index (κ2) is 6.95. The average Bonchev–Trinajstić information content (AvgIpc) is 2.48. The van der Waals surface area contributed by atoms with E-state index < -0.39 is 0 Å². The van der Waals surface area contributed by atoms with Crippen LogP contribution in [0.1, 0.15) is 62.5 Å². The maximum atomic E-state index is 6.10. The van der Waals surface area contributed by atoms with Gasteiger partial charge in [0.15, 0.2) is 0 Å². The Bertz CT molecular complexity index is 396. The lowest BCUT2D eigenvalue weighted by Crippen LogP contribution is -2.21. The van der Waals surface area contributed by atoms with Gasteiger partial charge in [0.2, 0.25) is 0 Å². The fourth-order valence-corrected chi connectivity index (χ4v) is 3.07. The molecule has 0 aromatic heterocycles. The number of benzene rings is 1. The summed E-state index contributed by atoms with van der Waals surface area (Å²) in [5, 5.41) is 0. The Labute approximate surface area is 117 Å². The van der Waals surface area contributed by atoms with Crippen molar-refractivity contribution in [2.24, 2.45) is 5.73 Å². The molecule has 2 heteroatoms. The molecule has 1 fully saturated rings. The molecular formula is C17H27NO. The smallest absolute Gasteiger partial charge is 0.122 e. The van der Waals surface area contributed by atoms with E-state index in [1.165, 1.54) is 43.2 Å². The Morgan fingerprint density at radius 3 is 2.63 bits per heavy atom. The van der Waals surface area contributed by atoms with Crippen LogP contribution < -0.4 is 10.5 Å². The van der Waals surface area contributed by atoms with Gasteiger partial charge in [-0.3, -0.25) is 0 Å². The summed E-state index contributed by atoms with van der Waals surface area (Å²) in [4.78, 5) is 0. The molecule has 1 aliphatic carbocycles. The van der Waals surface area contributed by atoms with Gasteiger partial charge < -0.3 is 10.5 Å². The largest absolute Gasteiger partial charge is 0.496 e. The number of ether oxygens (including phenoxy) is 1. The van der Waals surface area contributed by atoms with Crippen molar-refractivity contribution in [3.63, 3.8) is 0 Å². The van der Waals surface area contributed by atoms with Gasteiger partial charge in [0.05, 0.1) is 7.11 Å². The molecule has 1 saturated carbocycles. The van der Waals surface area contributed by atoms with Crippen LogP contribution in [0.25, 0.3) is 0 Å². The van der Waals surface area contributed by atoms with Gasteiger partial charge in [0.1, 0.15) is 5.75 Å². The molecule has 1 unspecified atom stereocenters. The minimum Gasteiger partial charge on any atom is -0.496 e. The molecule has 19 heavy (non-hydrogen) atoms. The molecular weight excluding hydrogens is 234 g/mol. The molecule has 1 aliphatic rings. The van der Waals surface area contributed by atoms with Crippen LogP contribution in [-0.2, 0) is 6.42 Å². The minimum atomic E-state index is 0.232. The van der Waals surface area contributed by atoms with Gasteiger partial charge in [0, 0.05) is 6.04 Å². The quantitative estimate of drug-likeness (QED) is 0.868. The molecule has 0 spiro atoms. The van der Waals surface area contributed by atoms with Gasteiger partial charge in [-0.25, -0.2) is 0 Å². The summed E-state index contributed by atoms with van der Waals surface area (Å²) in [6.07, 6.45) is 8.76. The molecule has 0 radical (unpaired) electrons. The van der Waals surface area contributed by atoms with Crippen LogP contribution >= 0.6 is 0 Å². The molecule has 2 N–H and O–H groups in total. The molecule has 2 nitrogen and oxygen atoms in total. The third kappa shape index (κ3) is 3.73. The van der Waals surface area contributed by atoms with Crippen molar-refractivity contribution < 1.29 is 4.74 Å². The predicted molar refractivity (Wildman–Crippen MR) is 80.8 cm³/mol. The minimum absolute atomic E-state index is 0.232. The Morgan fingerprint density at radius 2 is 2.00 bits per heavy atom. The molecule has 106 valence electrons. The lowest BCUT2D eigenvalue weighted by Gasteiger charge is -2.23. The Morgan fingerprint density at radius 1 is 1.26 bits per heavy atom. The molecule has 0 heterocycles. The van der Waals surface area contributed by atoms with Crippen LogP contribution in [0.3, 0.4) is 0 Å². The monoisotopic (exact) mass is 261 g/mol. The maximum Gasteiger partial charge on any atom is 0.122 e. The topological polar surface area (TPSA) is 35.2 Å². The van der Waals surface area contributed by atoms with Crippen LogP contribution in [0.2, 0.25) is 0 Å². The van der Waals surface area contributed by atoms with Crippen LogP contribution in [0, 0.1) is 0 Å². The summed E-state index contributed by atoms with van der Waals surface area (Å²) in [7, 11) is 1.75. The summed E-state index contributed by atoms with van der Waals surface area (Å²) in [5.41, 5.74) is 8.86. The first-order valence-corrected chi connectivity index (χ1v) is 7.67. The molecule has 2 rings (SSSR count). The van der Waals surface area contributed by atoms with Crippen molar-refractivity contribution in [2.75, 3.05) is 7.11 Å². The highest BCUT2D eigenvalue weighted by molar-refractivity contribution is 5.39. The van der Waals surface area contributed by atoms with Gasteiger partial charge in [-0.2, -0.15) is 0 Å². The highest BCUT2D eigenvalue weighted by atomic mass is 16.5. The van der Waals surface area contributed by atoms with Gasteiger partial charge in [-0.15, -0.1) is 0 Å². The van der Waals surface area contributed by atoms with E-state index in [1.807, 2.05) is 0 Å². The van der Waals surface area contributed by atoms with Gasteiger partial charge in [-0.05, 0) is 48.8 Å². The van der Waals surface area contributed by atoms with Crippen molar-refractivity contribution in [1.82, 2.24) is 0 Å². The van der Waals surface area contributed by atoms with Crippen LogP contribution in [0.4, 0.5) is 0 Å². The standard InChI is InChI=1S/C17H27NO/c1-3-16(18)12-15-11-14(9-10-17(15)19-2)13-7-5-4-6-8-13/h9-11,13,16H,3-8,12,18H2,1-2H3. The normalized spacial score (nSPS) is 18.3. The van der Waals surface area contributed by atoms with E-state index in [0.717, 1.165) is 24.5 Å². The Kier molecular flexibility index (Phi) is 5.26. The first kappa shape index (κ1) is 14.4. The van der Waals surface area contributed by atoms with E-state index in [0.29, 0.717) is 0 Å². The van der Waals surface area contributed by atoms with Gasteiger partial charge in [0.25, 0.3) is 0 Å². The van der Waals surface area contributed by atoms with E-state index in [1.54, 1.807) is 7.11 Å². The van der Waals surface area contributed by atoms with E-state index in [4.69, 9.17) is 10.5 Å². The first-order valence-electron chi connectivity index (χ1n) is 7.67. The maximum absolute atomic E-state index is 6.10. The van der Waals surface area contributed by atoms with Gasteiger partial charge >= 0.3 is 0 Å².